The number of hydrazone groups is 1. The normalized spacial score (nSPS) is 10.4. The van der Waals surface area contributed by atoms with Crippen LogP contribution in [0, 0.1) is 10.1 Å². The highest BCUT2D eigenvalue weighted by molar-refractivity contribution is 5.90. The van der Waals surface area contributed by atoms with Crippen LogP contribution in [0.3, 0.4) is 0 Å². The number of rotatable bonds is 4. The van der Waals surface area contributed by atoms with Crippen LogP contribution in [0.15, 0.2) is 53.6 Å². The molecule has 8 nitrogen and oxygen atoms in total. The molecule has 0 bridgehead atoms. The quantitative estimate of drug-likeness (QED) is 0.508. The van der Waals surface area contributed by atoms with Crippen LogP contribution < -0.4 is 15.8 Å². The lowest BCUT2D eigenvalue weighted by molar-refractivity contribution is -0.398. The third-order valence-electron chi connectivity index (χ3n) is 2.59. The molecule has 0 spiro atoms. The fourth-order valence-electron chi connectivity index (χ4n) is 1.60. The number of nitro groups is 1. The van der Waals surface area contributed by atoms with Crippen LogP contribution in [0.5, 0.6) is 5.75 Å². The first kappa shape index (κ1) is 15.0. The van der Waals surface area contributed by atoms with E-state index in [9.17, 15) is 20.0 Å². The van der Waals surface area contributed by atoms with Crippen molar-refractivity contribution in [2.75, 3.05) is 5.32 Å². The highest BCUT2D eigenvalue weighted by Gasteiger charge is 2.07. The van der Waals surface area contributed by atoms with Gasteiger partial charge in [-0.3, -0.25) is 10.1 Å². The second-order valence-corrected chi connectivity index (χ2v) is 4.17. The number of anilines is 1. The van der Waals surface area contributed by atoms with Crippen molar-refractivity contribution in [3.63, 3.8) is 0 Å². The molecule has 0 radical (unpaired) electrons. The molecule has 2 amide bonds. The first-order valence-corrected chi connectivity index (χ1v) is 6.17. The molecule has 2 N–H and O–H groups in total. The van der Waals surface area contributed by atoms with E-state index in [-0.39, 0.29) is 0 Å². The molecule has 112 valence electrons. The second kappa shape index (κ2) is 6.84. The third kappa shape index (κ3) is 4.04. The Labute approximate surface area is 125 Å². The van der Waals surface area contributed by atoms with Gasteiger partial charge in [0.1, 0.15) is 0 Å². The van der Waals surface area contributed by atoms with Gasteiger partial charge in [0, 0.05) is 17.3 Å². The van der Waals surface area contributed by atoms with E-state index in [1.807, 2.05) is 6.07 Å². The number of amides is 2. The van der Waals surface area contributed by atoms with Crippen LogP contribution in [-0.2, 0) is 0 Å². The van der Waals surface area contributed by atoms with Crippen molar-refractivity contribution in [2.45, 2.75) is 0 Å². The summed E-state index contributed by atoms with van der Waals surface area (Å²) in [6, 6.07) is 11.7. The van der Waals surface area contributed by atoms with Crippen molar-refractivity contribution in [2.24, 2.45) is 5.10 Å². The fraction of sp³-hybridized carbons (Fsp3) is 0. The monoisotopic (exact) mass is 299 g/mol. The van der Waals surface area contributed by atoms with Gasteiger partial charge in [-0.1, -0.05) is 30.3 Å². The molecule has 0 unspecified atom stereocenters. The first-order chi connectivity index (χ1) is 10.6. The Morgan fingerprint density at radius 1 is 1.18 bits per heavy atom. The van der Waals surface area contributed by atoms with Crippen LogP contribution in [0.4, 0.5) is 16.2 Å². The zero-order valence-corrected chi connectivity index (χ0v) is 11.2. The summed E-state index contributed by atoms with van der Waals surface area (Å²) in [6.45, 7) is 0. The number of hydrogen-bond acceptors (Lipinski definition) is 5. The Hall–Kier alpha value is -3.42. The molecular formula is C14H11N4O4-. The summed E-state index contributed by atoms with van der Waals surface area (Å²) in [5.74, 6) is -0.683. The molecule has 0 aliphatic rings. The summed E-state index contributed by atoms with van der Waals surface area (Å²) in [6.07, 6.45) is 1.21. The van der Waals surface area contributed by atoms with Crippen molar-refractivity contribution in [1.82, 2.24) is 5.43 Å². The van der Waals surface area contributed by atoms with Gasteiger partial charge in [0.15, 0.2) is 0 Å². The van der Waals surface area contributed by atoms with E-state index >= 15 is 0 Å². The zero-order chi connectivity index (χ0) is 15.9. The van der Waals surface area contributed by atoms with E-state index in [1.165, 1.54) is 12.3 Å². The van der Waals surface area contributed by atoms with Crippen molar-refractivity contribution < 1.29 is 14.8 Å². The van der Waals surface area contributed by atoms with Crippen molar-refractivity contribution >= 4 is 23.6 Å². The van der Waals surface area contributed by atoms with E-state index < -0.39 is 22.4 Å². The second-order valence-electron chi connectivity index (χ2n) is 4.17. The van der Waals surface area contributed by atoms with E-state index in [0.29, 0.717) is 11.3 Å². The summed E-state index contributed by atoms with van der Waals surface area (Å²) in [7, 11) is 0. The van der Waals surface area contributed by atoms with Gasteiger partial charge in [-0.05, 0) is 17.9 Å². The van der Waals surface area contributed by atoms with Crippen LogP contribution in [-0.4, -0.2) is 17.2 Å². The van der Waals surface area contributed by atoms with Gasteiger partial charge in [-0.25, -0.2) is 10.2 Å². The van der Waals surface area contributed by atoms with E-state index in [1.54, 1.807) is 24.3 Å². The molecule has 0 heterocycles. The minimum atomic E-state index is -0.769. The molecule has 0 fully saturated rings. The molecule has 8 heteroatoms. The maximum absolute atomic E-state index is 11.5. The Morgan fingerprint density at radius 2 is 1.91 bits per heavy atom. The zero-order valence-electron chi connectivity index (χ0n) is 11.2. The summed E-state index contributed by atoms with van der Waals surface area (Å²) >= 11 is 0. The molecule has 0 aromatic heterocycles. The highest BCUT2D eigenvalue weighted by Crippen LogP contribution is 2.22. The lowest BCUT2D eigenvalue weighted by Crippen LogP contribution is -2.24. The lowest BCUT2D eigenvalue weighted by Gasteiger charge is -2.06. The molecule has 0 saturated heterocycles. The van der Waals surface area contributed by atoms with Crippen molar-refractivity contribution in [3.05, 3.63) is 64.2 Å². The number of benzene rings is 2. The molecule has 22 heavy (non-hydrogen) atoms. The number of nitrogens with zero attached hydrogens (tertiary/aromatic N) is 2. The Morgan fingerprint density at radius 3 is 2.59 bits per heavy atom. The summed E-state index contributed by atoms with van der Waals surface area (Å²) in [5.41, 5.74) is 2.59. The SMILES string of the molecule is O=C(N/N=C\c1ccc([O-])c([N+](=O)[O-])c1)Nc1ccccc1. The molecule has 0 aliphatic carbocycles. The minimum Gasteiger partial charge on any atom is -0.868 e. The predicted octanol–water partition coefficient (Wildman–Crippen LogP) is 1.82. The van der Waals surface area contributed by atoms with Crippen LogP contribution in [0.25, 0.3) is 0 Å². The van der Waals surface area contributed by atoms with Gasteiger partial charge < -0.3 is 10.4 Å². The highest BCUT2D eigenvalue weighted by atomic mass is 16.6. The topological polar surface area (TPSA) is 120 Å². The molecular weight excluding hydrogens is 288 g/mol. The average molecular weight is 299 g/mol. The Balaban J connectivity index is 1.96. The van der Waals surface area contributed by atoms with Crippen molar-refractivity contribution in [1.29, 1.82) is 0 Å². The summed E-state index contributed by atoms with van der Waals surface area (Å²) < 4.78 is 0. The molecule has 0 atom stereocenters. The van der Waals surface area contributed by atoms with Crippen LogP contribution in [0.1, 0.15) is 5.56 Å². The Bertz CT molecular complexity index is 716. The molecule has 0 aliphatic heterocycles. The van der Waals surface area contributed by atoms with E-state index in [0.717, 1.165) is 12.1 Å². The number of carbonyl (C=O) groups excluding carboxylic acids is 1. The van der Waals surface area contributed by atoms with Crippen LogP contribution >= 0.6 is 0 Å². The first-order valence-electron chi connectivity index (χ1n) is 6.17. The number of nitrogens with one attached hydrogen (secondary N) is 2. The number of para-hydroxylation sites is 1. The predicted molar refractivity (Wildman–Crippen MR) is 78.7 cm³/mol. The molecule has 2 rings (SSSR count). The van der Waals surface area contributed by atoms with Crippen molar-refractivity contribution in [3.8, 4) is 5.75 Å². The summed E-state index contributed by atoms with van der Waals surface area (Å²) in [4.78, 5) is 21.4. The number of urea groups is 1. The van der Waals surface area contributed by atoms with Gasteiger partial charge in [-0.15, -0.1) is 0 Å². The smallest absolute Gasteiger partial charge is 0.339 e. The fourth-order valence-corrected chi connectivity index (χ4v) is 1.60. The lowest BCUT2D eigenvalue weighted by atomic mass is 10.2. The average Bonchev–Trinajstić information content (AvgIpc) is 2.49. The number of hydrogen-bond donors (Lipinski definition) is 2. The molecule has 0 saturated carbocycles. The van der Waals surface area contributed by atoms with Crippen LogP contribution in [0.2, 0.25) is 0 Å². The molecule has 2 aromatic rings. The summed E-state index contributed by atoms with van der Waals surface area (Å²) in [5, 5.41) is 28.1. The maximum atomic E-state index is 11.5. The van der Waals surface area contributed by atoms with E-state index in [4.69, 9.17) is 0 Å². The third-order valence-corrected chi connectivity index (χ3v) is 2.59. The number of carbonyl (C=O) groups is 1. The van der Waals surface area contributed by atoms with Gasteiger partial charge >= 0.3 is 6.03 Å². The standard InChI is InChI=1S/C14H12N4O4/c19-13-7-6-10(8-12(13)18(21)22)9-15-17-14(20)16-11-4-2-1-3-5-11/h1-9,19H,(H2,16,17,20)/p-1/b15-9-. The van der Waals surface area contributed by atoms with Gasteiger partial charge in [0.05, 0.1) is 11.1 Å². The van der Waals surface area contributed by atoms with Gasteiger partial charge in [0.25, 0.3) is 5.69 Å². The van der Waals surface area contributed by atoms with Gasteiger partial charge in [0.2, 0.25) is 0 Å². The largest absolute Gasteiger partial charge is 0.868 e. The Kier molecular flexibility index (Phi) is 4.66. The van der Waals surface area contributed by atoms with Gasteiger partial charge in [-0.2, -0.15) is 5.10 Å². The maximum Gasteiger partial charge on any atom is 0.339 e. The van der Waals surface area contributed by atoms with E-state index in [2.05, 4.69) is 15.8 Å². The number of nitro benzene ring substituents is 1. The molecule has 2 aromatic carbocycles. The minimum absolute atomic E-state index is 0.325.